The van der Waals surface area contributed by atoms with Crippen LogP contribution in [0.1, 0.15) is 12.6 Å². The average Bonchev–Trinajstić information content (AvgIpc) is 3.12. The van der Waals surface area contributed by atoms with Gasteiger partial charge in [-0.25, -0.2) is 9.48 Å². The van der Waals surface area contributed by atoms with Crippen molar-refractivity contribution < 1.29 is 14.4 Å². The second-order valence-corrected chi connectivity index (χ2v) is 5.36. The molecule has 2 aromatic rings. The van der Waals surface area contributed by atoms with Crippen LogP contribution >= 0.6 is 0 Å². The SMILES string of the molecule is CCN1CCN(C(=O)NCc2cn(-c3ccncc3)nn2)C(=O)C1=O. The fraction of sp³-hybridized carbons (Fsp3) is 0.333. The molecule has 1 N–H and O–H groups in total. The molecule has 1 aliphatic rings. The number of rotatable bonds is 4. The normalized spacial score (nSPS) is 14.8. The fourth-order valence-electron chi connectivity index (χ4n) is 2.43. The third kappa shape index (κ3) is 3.47. The number of hydrogen-bond acceptors (Lipinski definition) is 6. The maximum Gasteiger partial charge on any atom is 0.324 e. The van der Waals surface area contributed by atoms with Gasteiger partial charge in [0.15, 0.2) is 0 Å². The topological polar surface area (TPSA) is 113 Å². The van der Waals surface area contributed by atoms with Gasteiger partial charge in [-0.2, -0.15) is 0 Å². The lowest BCUT2D eigenvalue weighted by atomic mass is 10.3. The number of nitrogens with zero attached hydrogens (tertiary/aromatic N) is 6. The van der Waals surface area contributed by atoms with Crippen LogP contribution in [-0.4, -0.2) is 67.3 Å². The molecule has 3 heterocycles. The summed E-state index contributed by atoms with van der Waals surface area (Å²) in [6, 6.07) is 2.93. The lowest BCUT2D eigenvalue weighted by Gasteiger charge is -2.31. The molecule has 10 heteroatoms. The van der Waals surface area contributed by atoms with Gasteiger partial charge in [0.1, 0.15) is 5.69 Å². The molecule has 1 saturated heterocycles. The van der Waals surface area contributed by atoms with Crippen LogP contribution in [-0.2, 0) is 16.1 Å². The zero-order chi connectivity index (χ0) is 17.8. The number of hydrogen-bond donors (Lipinski definition) is 1. The van der Waals surface area contributed by atoms with Crippen molar-refractivity contribution in [2.24, 2.45) is 0 Å². The molecular formula is C15H17N7O3. The fourth-order valence-corrected chi connectivity index (χ4v) is 2.43. The summed E-state index contributed by atoms with van der Waals surface area (Å²) in [5.41, 5.74) is 1.31. The minimum Gasteiger partial charge on any atom is -0.333 e. The smallest absolute Gasteiger partial charge is 0.324 e. The Balaban J connectivity index is 1.59. The van der Waals surface area contributed by atoms with Crippen LogP contribution in [0.2, 0.25) is 0 Å². The monoisotopic (exact) mass is 343 g/mol. The van der Waals surface area contributed by atoms with Gasteiger partial charge in [-0.1, -0.05) is 5.21 Å². The number of nitrogens with one attached hydrogen (secondary N) is 1. The molecule has 0 atom stereocenters. The Morgan fingerprint density at radius 2 is 1.96 bits per heavy atom. The molecule has 0 unspecified atom stereocenters. The zero-order valence-corrected chi connectivity index (χ0v) is 13.6. The minimum absolute atomic E-state index is 0.0966. The highest BCUT2D eigenvalue weighted by Crippen LogP contribution is 2.07. The number of likely N-dealkylation sites (N-methyl/N-ethyl adjacent to an activating group) is 1. The molecule has 0 aliphatic carbocycles. The Morgan fingerprint density at radius 1 is 1.20 bits per heavy atom. The second-order valence-electron chi connectivity index (χ2n) is 5.36. The maximum absolute atomic E-state index is 12.2. The van der Waals surface area contributed by atoms with Crippen molar-refractivity contribution in [2.75, 3.05) is 19.6 Å². The molecule has 4 amide bonds. The van der Waals surface area contributed by atoms with E-state index in [1.165, 1.54) is 4.90 Å². The van der Waals surface area contributed by atoms with E-state index in [4.69, 9.17) is 0 Å². The summed E-state index contributed by atoms with van der Waals surface area (Å²) in [4.78, 5) is 42.2. The molecule has 0 radical (unpaired) electrons. The van der Waals surface area contributed by atoms with Gasteiger partial charge in [0.25, 0.3) is 0 Å². The minimum atomic E-state index is -0.814. The molecule has 0 spiro atoms. The number of urea groups is 1. The Morgan fingerprint density at radius 3 is 2.68 bits per heavy atom. The van der Waals surface area contributed by atoms with E-state index in [-0.39, 0.29) is 13.1 Å². The summed E-state index contributed by atoms with van der Waals surface area (Å²) in [6.45, 7) is 2.84. The van der Waals surface area contributed by atoms with Gasteiger partial charge in [0.05, 0.1) is 18.4 Å². The van der Waals surface area contributed by atoms with Crippen LogP contribution in [0.15, 0.2) is 30.7 Å². The lowest BCUT2D eigenvalue weighted by Crippen LogP contribution is -2.58. The van der Waals surface area contributed by atoms with E-state index in [1.54, 1.807) is 42.3 Å². The number of pyridine rings is 1. The quantitative estimate of drug-likeness (QED) is 0.753. The van der Waals surface area contributed by atoms with Gasteiger partial charge in [-0.05, 0) is 19.1 Å². The van der Waals surface area contributed by atoms with Crippen LogP contribution in [0.5, 0.6) is 0 Å². The summed E-state index contributed by atoms with van der Waals surface area (Å²) in [5.74, 6) is -1.47. The second kappa shape index (κ2) is 7.07. The van der Waals surface area contributed by atoms with Crippen molar-refractivity contribution in [3.8, 4) is 5.69 Å². The summed E-state index contributed by atoms with van der Waals surface area (Å²) in [7, 11) is 0. The van der Waals surface area contributed by atoms with Crippen LogP contribution in [0.4, 0.5) is 4.79 Å². The molecule has 10 nitrogen and oxygen atoms in total. The number of carbonyl (C=O) groups is 3. The molecular weight excluding hydrogens is 326 g/mol. The van der Waals surface area contributed by atoms with E-state index in [0.717, 1.165) is 10.6 Å². The molecule has 0 saturated carbocycles. The molecule has 3 rings (SSSR count). The van der Waals surface area contributed by atoms with Gasteiger partial charge in [0.2, 0.25) is 0 Å². The number of piperazine rings is 1. The largest absolute Gasteiger partial charge is 0.333 e. The van der Waals surface area contributed by atoms with E-state index >= 15 is 0 Å². The highest BCUT2D eigenvalue weighted by molar-refractivity contribution is 6.38. The summed E-state index contributed by atoms with van der Waals surface area (Å²) >= 11 is 0. The molecule has 0 bridgehead atoms. The standard InChI is InChI=1S/C15H17N7O3/c1-2-20-7-8-21(14(24)13(20)23)15(25)17-9-11-10-22(19-18-11)12-3-5-16-6-4-12/h3-6,10H,2,7-9H2,1H3,(H,17,25). The predicted molar refractivity (Wildman–Crippen MR) is 85.4 cm³/mol. The Labute approximate surface area is 143 Å². The third-order valence-corrected chi connectivity index (χ3v) is 3.82. The van der Waals surface area contributed by atoms with Gasteiger partial charge < -0.3 is 10.2 Å². The Bertz CT molecular complexity index is 789. The molecule has 1 fully saturated rings. The lowest BCUT2D eigenvalue weighted by molar-refractivity contribution is -0.153. The van der Waals surface area contributed by atoms with Gasteiger partial charge >= 0.3 is 17.8 Å². The van der Waals surface area contributed by atoms with Crippen molar-refractivity contribution in [1.82, 2.24) is 35.1 Å². The summed E-state index contributed by atoms with van der Waals surface area (Å²) < 4.78 is 1.55. The highest BCUT2D eigenvalue weighted by Gasteiger charge is 2.35. The molecule has 25 heavy (non-hydrogen) atoms. The Hall–Kier alpha value is -3.30. The van der Waals surface area contributed by atoms with Crippen LogP contribution in [0.3, 0.4) is 0 Å². The number of amides is 4. The van der Waals surface area contributed by atoms with Crippen molar-refractivity contribution in [2.45, 2.75) is 13.5 Å². The number of imide groups is 1. The van der Waals surface area contributed by atoms with E-state index in [0.29, 0.717) is 18.8 Å². The van der Waals surface area contributed by atoms with E-state index in [1.807, 2.05) is 0 Å². The molecule has 130 valence electrons. The van der Waals surface area contributed by atoms with Crippen molar-refractivity contribution >= 4 is 17.8 Å². The van der Waals surface area contributed by atoms with Crippen LogP contribution in [0.25, 0.3) is 5.69 Å². The zero-order valence-electron chi connectivity index (χ0n) is 13.6. The molecule has 2 aromatic heterocycles. The highest BCUT2D eigenvalue weighted by atomic mass is 16.2. The summed E-state index contributed by atoms with van der Waals surface area (Å²) in [5, 5.41) is 10.5. The first-order valence-corrected chi connectivity index (χ1v) is 7.80. The van der Waals surface area contributed by atoms with Crippen molar-refractivity contribution in [3.63, 3.8) is 0 Å². The molecule has 1 aliphatic heterocycles. The van der Waals surface area contributed by atoms with E-state index < -0.39 is 17.8 Å². The van der Waals surface area contributed by atoms with Gasteiger partial charge in [-0.15, -0.1) is 5.10 Å². The number of aromatic nitrogens is 4. The van der Waals surface area contributed by atoms with Crippen molar-refractivity contribution in [3.05, 3.63) is 36.4 Å². The predicted octanol–water partition coefficient (Wildman–Crippen LogP) is -0.437. The third-order valence-electron chi connectivity index (χ3n) is 3.82. The maximum atomic E-state index is 12.2. The number of carbonyl (C=O) groups excluding carboxylic acids is 3. The van der Waals surface area contributed by atoms with Gasteiger partial charge in [0, 0.05) is 32.0 Å². The first kappa shape index (κ1) is 16.6. The first-order valence-electron chi connectivity index (χ1n) is 7.80. The average molecular weight is 343 g/mol. The Kier molecular flexibility index (Phi) is 4.68. The first-order chi connectivity index (χ1) is 12.1. The van der Waals surface area contributed by atoms with Crippen LogP contribution < -0.4 is 5.32 Å². The molecule has 0 aromatic carbocycles. The van der Waals surface area contributed by atoms with Gasteiger partial charge in [-0.3, -0.25) is 19.5 Å². The van der Waals surface area contributed by atoms with E-state index in [2.05, 4.69) is 20.6 Å². The van der Waals surface area contributed by atoms with Crippen molar-refractivity contribution in [1.29, 1.82) is 0 Å². The van der Waals surface area contributed by atoms with Crippen LogP contribution in [0, 0.1) is 0 Å². The summed E-state index contributed by atoms with van der Waals surface area (Å²) in [6.07, 6.45) is 4.94. The van der Waals surface area contributed by atoms with E-state index in [9.17, 15) is 14.4 Å².